The summed E-state index contributed by atoms with van der Waals surface area (Å²) in [6.45, 7) is 6.78. The number of carbonyl (C=O) groups excluding carboxylic acids is 1. The number of sulfonamides is 1. The van der Waals surface area contributed by atoms with Gasteiger partial charge in [0.1, 0.15) is 0 Å². The molecule has 0 aliphatic carbocycles. The topological polar surface area (TPSA) is 91.3 Å². The highest BCUT2D eigenvalue weighted by atomic mass is 127. The Morgan fingerprint density at radius 3 is 2.50 bits per heavy atom. The maximum Gasteiger partial charge on any atom is 0.310 e. The van der Waals surface area contributed by atoms with Crippen molar-refractivity contribution in [3.05, 3.63) is 29.8 Å². The van der Waals surface area contributed by atoms with E-state index in [1.165, 1.54) is 18.4 Å². The van der Waals surface area contributed by atoms with Gasteiger partial charge in [-0.15, -0.1) is 24.0 Å². The third-order valence-electron chi connectivity index (χ3n) is 4.79. The molecular formula is C20H33IN4O4S. The van der Waals surface area contributed by atoms with Gasteiger partial charge in [-0.25, -0.2) is 17.7 Å². The van der Waals surface area contributed by atoms with Crippen molar-refractivity contribution < 1.29 is 17.9 Å². The number of likely N-dealkylation sites (tertiary alicyclic amines) is 1. The zero-order valence-electron chi connectivity index (χ0n) is 18.1. The summed E-state index contributed by atoms with van der Waals surface area (Å²) in [5.41, 5.74) is 0.914. The Morgan fingerprint density at radius 2 is 1.93 bits per heavy atom. The second kappa shape index (κ2) is 12.5. The fraction of sp³-hybridized carbons (Fsp3) is 0.600. The Balaban J connectivity index is 0.00000450. The minimum absolute atomic E-state index is 0. The van der Waals surface area contributed by atoms with Crippen LogP contribution in [0.15, 0.2) is 34.2 Å². The lowest BCUT2D eigenvalue weighted by atomic mass is 9.98. The average Bonchev–Trinajstić information content (AvgIpc) is 2.71. The number of ether oxygens (including phenoxy) is 1. The number of guanidine groups is 1. The van der Waals surface area contributed by atoms with Crippen LogP contribution in [0.5, 0.6) is 0 Å². The molecule has 1 aliphatic heterocycles. The molecule has 1 fully saturated rings. The van der Waals surface area contributed by atoms with Gasteiger partial charge in [0, 0.05) is 33.7 Å². The van der Waals surface area contributed by atoms with Gasteiger partial charge in [0.05, 0.1) is 24.0 Å². The van der Waals surface area contributed by atoms with Crippen LogP contribution in [-0.2, 0) is 26.1 Å². The number of hydrogen-bond donors (Lipinski definition) is 1. The zero-order chi connectivity index (χ0) is 21.4. The molecule has 1 saturated heterocycles. The summed E-state index contributed by atoms with van der Waals surface area (Å²) in [4.78, 5) is 19.2. The van der Waals surface area contributed by atoms with Gasteiger partial charge in [-0.3, -0.25) is 4.79 Å². The second-order valence-electron chi connectivity index (χ2n) is 7.14. The molecule has 30 heavy (non-hydrogen) atoms. The molecule has 1 aliphatic rings. The van der Waals surface area contributed by atoms with Crippen molar-refractivity contribution in [3.8, 4) is 0 Å². The van der Waals surface area contributed by atoms with Crippen molar-refractivity contribution in [1.29, 1.82) is 0 Å². The Hall–Kier alpha value is -1.40. The van der Waals surface area contributed by atoms with Crippen molar-refractivity contribution in [2.75, 3.05) is 40.3 Å². The fourth-order valence-corrected chi connectivity index (χ4v) is 4.09. The molecule has 1 unspecified atom stereocenters. The van der Waals surface area contributed by atoms with Crippen molar-refractivity contribution in [3.63, 3.8) is 0 Å². The van der Waals surface area contributed by atoms with Gasteiger partial charge in [0.25, 0.3) is 0 Å². The van der Waals surface area contributed by atoms with Crippen LogP contribution in [-0.4, -0.2) is 69.9 Å². The predicted molar refractivity (Wildman–Crippen MR) is 128 cm³/mol. The van der Waals surface area contributed by atoms with Crippen molar-refractivity contribution in [2.45, 2.75) is 38.1 Å². The molecule has 0 amide bonds. The summed E-state index contributed by atoms with van der Waals surface area (Å²) in [6, 6.07) is 6.76. The summed E-state index contributed by atoms with van der Waals surface area (Å²) in [5.74, 6) is 0.473. The molecule has 10 heteroatoms. The fourth-order valence-electron chi connectivity index (χ4n) is 3.19. The van der Waals surface area contributed by atoms with Gasteiger partial charge >= 0.3 is 5.97 Å². The number of rotatable bonds is 7. The number of nitrogens with zero attached hydrogens (tertiary/aromatic N) is 3. The van der Waals surface area contributed by atoms with Crippen molar-refractivity contribution >= 4 is 45.9 Å². The lowest BCUT2D eigenvalue weighted by Crippen LogP contribution is -2.48. The largest absolute Gasteiger partial charge is 0.466 e. The van der Waals surface area contributed by atoms with E-state index in [1.54, 1.807) is 24.3 Å². The molecule has 0 bridgehead atoms. The van der Waals surface area contributed by atoms with E-state index in [4.69, 9.17) is 9.73 Å². The number of esters is 1. The van der Waals surface area contributed by atoms with Gasteiger partial charge in [-0.05, 0) is 44.4 Å². The number of aliphatic imine (C=N–C) groups is 1. The first-order chi connectivity index (χ1) is 13.8. The Bertz CT molecular complexity index is 813. The number of benzene rings is 1. The third kappa shape index (κ3) is 7.09. The lowest BCUT2D eigenvalue weighted by molar-refractivity contribution is -0.149. The number of hydrogen-bond acceptors (Lipinski definition) is 5. The Labute approximate surface area is 197 Å². The van der Waals surface area contributed by atoms with E-state index in [-0.39, 0.29) is 40.8 Å². The smallest absolute Gasteiger partial charge is 0.310 e. The van der Waals surface area contributed by atoms with Gasteiger partial charge in [-0.2, -0.15) is 0 Å². The normalized spacial score (nSPS) is 17.4. The van der Waals surface area contributed by atoms with E-state index in [0.717, 1.165) is 37.5 Å². The van der Waals surface area contributed by atoms with Crippen LogP contribution in [0.25, 0.3) is 0 Å². The molecule has 0 saturated carbocycles. The van der Waals surface area contributed by atoms with E-state index in [0.29, 0.717) is 19.7 Å². The van der Waals surface area contributed by atoms with E-state index in [2.05, 4.69) is 10.2 Å². The van der Waals surface area contributed by atoms with Crippen molar-refractivity contribution in [1.82, 2.24) is 14.5 Å². The average molecular weight is 552 g/mol. The minimum Gasteiger partial charge on any atom is -0.466 e. The SMILES string of the molecule is CCNC(=NCc1ccc(S(=O)(=O)N(C)C)cc1)N1CCCC(C(=O)OCC)C1.I. The standard InChI is InChI=1S/C20H32N4O4S.HI/c1-5-21-20(24-13-7-8-17(15-24)19(25)28-6-2)22-14-16-9-11-18(12-10-16)29(26,27)23(3)4;/h9-12,17H,5-8,13-15H2,1-4H3,(H,21,22);1H. The zero-order valence-corrected chi connectivity index (χ0v) is 21.3. The Kier molecular flexibility index (Phi) is 11.1. The highest BCUT2D eigenvalue weighted by Gasteiger charge is 2.28. The van der Waals surface area contributed by atoms with Crippen molar-refractivity contribution in [2.24, 2.45) is 10.9 Å². The molecule has 0 radical (unpaired) electrons. The molecular weight excluding hydrogens is 519 g/mol. The predicted octanol–water partition coefficient (Wildman–Crippen LogP) is 2.30. The quantitative estimate of drug-likeness (QED) is 0.242. The summed E-state index contributed by atoms with van der Waals surface area (Å²) >= 11 is 0. The third-order valence-corrected chi connectivity index (χ3v) is 6.62. The molecule has 0 spiro atoms. The summed E-state index contributed by atoms with van der Waals surface area (Å²) in [5, 5.41) is 3.29. The van der Waals surface area contributed by atoms with Gasteiger partial charge in [0.15, 0.2) is 5.96 Å². The lowest BCUT2D eigenvalue weighted by Gasteiger charge is -2.34. The highest BCUT2D eigenvalue weighted by Crippen LogP contribution is 2.19. The maximum absolute atomic E-state index is 12.2. The van der Waals surface area contributed by atoms with E-state index >= 15 is 0 Å². The molecule has 1 atom stereocenters. The first-order valence-corrected chi connectivity index (χ1v) is 11.4. The summed E-state index contributed by atoms with van der Waals surface area (Å²) < 4.78 is 30.7. The minimum atomic E-state index is -3.44. The first kappa shape index (κ1) is 26.6. The van der Waals surface area contributed by atoms with Crippen LogP contribution in [0, 0.1) is 5.92 Å². The molecule has 170 valence electrons. The number of halogens is 1. The van der Waals surface area contributed by atoms with E-state index in [9.17, 15) is 13.2 Å². The van der Waals surface area contributed by atoms with Crippen LogP contribution in [0.1, 0.15) is 32.3 Å². The molecule has 1 aromatic carbocycles. The number of nitrogens with one attached hydrogen (secondary N) is 1. The van der Waals surface area contributed by atoms with Gasteiger partial charge < -0.3 is 15.0 Å². The van der Waals surface area contributed by atoms with E-state index < -0.39 is 10.0 Å². The van der Waals surface area contributed by atoms with Gasteiger partial charge in [0.2, 0.25) is 10.0 Å². The maximum atomic E-state index is 12.2. The molecule has 1 aromatic rings. The van der Waals surface area contributed by atoms with Crippen LogP contribution >= 0.6 is 24.0 Å². The van der Waals surface area contributed by atoms with Crippen LogP contribution in [0.4, 0.5) is 0 Å². The molecule has 2 rings (SSSR count). The van der Waals surface area contributed by atoms with Crippen LogP contribution in [0.3, 0.4) is 0 Å². The van der Waals surface area contributed by atoms with Gasteiger partial charge in [-0.1, -0.05) is 12.1 Å². The van der Waals surface area contributed by atoms with E-state index in [1.807, 2.05) is 13.8 Å². The molecule has 1 N–H and O–H groups in total. The molecule has 1 heterocycles. The number of piperidine rings is 1. The second-order valence-corrected chi connectivity index (χ2v) is 9.29. The monoisotopic (exact) mass is 552 g/mol. The van der Waals surface area contributed by atoms with Crippen LogP contribution in [0.2, 0.25) is 0 Å². The summed E-state index contributed by atoms with van der Waals surface area (Å²) in [6.07, 6.45) is 1.74. The first-order valence-electron chi connectivity index (χ1n) is 10.0. The molecule has 0 aromatic heterocycles. The number of carbonyl (C=O) groups is 1. The van der Waals surface area contributed by atoms with Crippen LogP contribution < -0.4 is 5.32 Å². The summed E-state index contributed by atoms with van der Waals surface area (Å²) in [7, 11) is -0.412. The Morgan fingerprint density at radius 1 is 1.27 bits per heavy atom. The molecule has 8 nitrogen and oxygen atoms in total. The highest BCUT2D eigenvalue weighted by molar-refractivity contribution is 14.0.